The molecule has 10 N–H and O–H groups in total. The Hall–Kier alpha value is -3.75. The van der Waals surface area contributed by atoms with Gasteiger partial charge in [0.2, 0.25) is 23.6 Å². The normalized spacial score (nSPS) is 13.2. The van der Waals surface area contributed by atoms with Crippen LogP contribution < -0.4 is 27.4 Å². The van der Waals surface area contributed by atoms with Gasteiger partial charge in [-0.1, -0.05) is 0 Å². The molecule has 0 aliphatic rings. The minimum Gasteiger partial charge on any atom is -0.481 e. The Morgan fingerprint density at radius 3 is 1.61 bits per heavy atom. The molecule has 0 bridgehead atoms. The van der Waals surface area contributed by atoms with Crippen molar-refractivity contribution in [3.63, 3.8) is 0 Å². The fraction of sp³-hybridized carbons (Fsp3) is 0.562. The second kappa shape index (κ2) is 13.5. The van der Waals surface area contributed by atoms with Crippen LogP contribution in [0.25, 0.3) is 0 Å². The summed E-state index contributed by atoms with van der Waals surface area (Å²) in [7, 11) is 0. The Labute approximate surface area is 175 Å². The molecule has 15 heteroatoms. The quantitative estimate of drug-likeness (QED) is 0.120. The van der Waals surface area contributed by atoms with Crippen molar-refractivity contribution in [3.8, 4) is 0 Å². The summed E-state index contributed by atoms with van der Waals surface area (Å²) in [5, 5.41) is 32.9. The summed E-state index contributed by atoms with van der Waals surface area (Å²) in [6.07, 6.45) is -2.60. The third kappa shape index (κ3) is 11.7. The van der Waals surface area contributed by atoms with Gasteiger partial charge < -0.3 is 42.7 Å². The van der Waals surface area contributed by atoms with E-state index in [9.17, 15) is 33.6 Å². The molecule has 3 atom stereocenters. The Balaban J connectivity index is 5.48. The largest absolute Gasteiger partial charge is 0.481 e. The number of primary amides is 1. The van der Waals surface area contributed by atoms with Gasteiger partial charge in [0.15, 0.2) is 0 Å². The van der Waals surface area contributed by atoms with Crippen LogP contribution >= 0.6 is 0 Å². The van der Waals surface area contributed by atoms with Gasteiger partial charge in [-0.2, -0.15) is 0 Å². The first kappa shape index (κ1) is 27.2. The molecule has 0 saturated heterocycles. The van der Waals surface area contributed by atoms with Crippen LogP contribution in [0.4, 0.5) is 0 Å². The number of rotatable bonds is 15. The number of carboxylic acid groups (broad SMARTS) is 3. The van der Waals surface area contributed by atoms with E-state index in [1.165, 1.54) is 0 Å². The average molecular weight is 447 g/mol. The number of amides is 4. The van der Waals surface area contributed by atoms with Gasteiger partial charge in [0, 0.05) is 12.8 Å². The highest BCUT2D eigenvalue weighted by molar-refractivity contribution is 5.94. The van der Waals surface area contributed by atoms with E-state index in [-0.39, 0.29) is 12.8 Å². The van der Waals surface area contributed by atoms with Crippen LogP contribution in [0.15, 0.2) is 0 Å². The van der Waals surface area contributed by atoms with Gasteiger partial charge in [0.1, 0.15) is 18.1 Å². The maximum absolute atomic E-state index is 12.5. The van der Waals surface area contributed by atoms with Crippen molar-refractivity contribution >= 4 is 41.5 Å². The number of hydrogen-bond acceptors (Lipinski definition) is 8. The molecule has 0 saturated carbocycles. The predicted octanol–water partition coefficient (Wildman–Crippen LogP) is -3.91. The van der Waals surface area contributed by atoms with E-state index in [0.717, 1.165) is 0 Å². The van der Waals surface area contributed by atoms with E-state index >= 15 is 0 Å². The highest BCUT2D eigenvalue weighted by Crippen LogP contribution is 2.04. The Morgan fingerprint density at radius 1 is 0.710 bits per heavy atom. The number of aliphatic carboxylic acids is 3. The van der Waals surface area contributed by atoms with E-state index < -0.39 is 85.5 Å². The van der Waals surface area contributed by atoms with Crippen LogP contribution in [0.3, 0.4) is 0 Å². The molecule has 0 aromatic rings. The van der Waals surface area contributed by atoms with Gasteiger partial charge in [-0.3, -0.25) is 28.8 Å². The summed E-state index contributed by atoms with van der Waals surface area (Å²) in [4.78, 5) is 80.1. The molecule has 0 aromatic heterocycles. The molecular formula is C16H25N5O10. The first-order chi connectivity index (χ1) is 14.4. The van der Waals surface area contributed by atoms with Gasteiger partial charge in [-0.25, -0.2) is 4.79 Å². The van der Waals surface area contributed by atoms with Gasteiger partial charge in [0.05, 0.1) is 13.0 Å². The predicted molar refractivity (Wildman–Crippen MR) is 100 cm³/mol. The van der Waals surface area contributed by atoms with Crippen molar-refractivity contribution in [2.45, 2.75) is 50.2 Å². The summed E-state index contributed by atoms with van der Waals surface area (Å²) in [5.41, 5.74) is 10.2. The smallest absolute Gasteiger partial charge is 0.326 e. The van der Waals surface area contributed by atoms with Crippen LogP contribution in [0.1, 0.15) is 32.1 Å². The Morgan fingerprint density at radius 2 is 1.19 bits per heavy atom. The highest BCUT2D eigenvalue weighted by Gasteiger charge is 2.30. The highest BCUT2D eigenvalue weighted by atomic mass is 16.4. The topological polar surface area (TPSA) is 268 Å². The van der Waals surface area contributed by atoms with Gasteiger partial charge in [-0.05, 0) is 12.8 Å². The van der Waals surface area contributed by atoms with E-state index in [4.69, 9.17) is 26.8 Å². The lowest BCUT2D eigenvalue weighted by Crippen LogP contribution is -2.56. The standard InChI is InChI=1S/C16H25N5O10/c17-6-11(23)19-7(1-3-10(18)22)14(28)20-8(2-4-12(24)25)15(29)21-9(16(30)31)5-13(26)27/h7-9H,1-6,17H2,(H2,18,22)(H,19,23)(H,20,28)(H,21,29)(H,24,25)(H,26,27)(H,30,31). The number of carbonyl (C=O) groups is 7. The number of nitrogens with two attached hydrogens (primary N) is 2. The molecule has 0 aliphatic carbocycles. The van der Waals surface area contributed by atoms with Gasteiger partial charge in [0.25, 0.3) is 0 Å². The summed E-state index contributed by atoms with van der Waals surface area (Å²) >= 11 is 0. The first-order valence-electron chi connectivity index (χ1n) is 8.92. The summed E-state index contributed by atoms with van der Waals surface area (Å²) in [5.74, 6) is -8.18. The number of carbonyl (C=O) groups excluding carboxylic acids is 4. The van der Waals surface area contributed by atoms with Crippen LogP contribution in [0.2, 0.25) is 0 Å². The van der Waals surface area contributed by atoms with Crippen LogP contribution in [0, 0.1) is 0 Å². The van der Waals surface area contributed by atoms with Crippen LogP contribution in [-0.2, 0) is 33.6 Å². The molecule has 4 amide bonds. The summed E-state index contributed by atoms with van der Waals surface area (Å²) in [6, 6.07) is -4.76. The number of carboxylic acids is 3. The SMILES string of the molecule is NCC(=O)NC(CCC(N)=O)C(=O)NC(CCC(=O)O)C(=O)NC(CC(=O)O)C(=O)O. The molecule has 0 heterocycles. The maximum atomic E-state index is 12.5. The molecule has 0 aliphatic heterocycles. The fourth-order valence-corrected chi connectivity index (χ4v) is 2.26. The molecular weight excluding hydrogens is 422 g/mol. The molecule has 0 radical (unpaired) electrons. The lowest BCUT2D eigenvalue weighted by atomic mass is 10.1. The molecule has 0 aromatic carbocycles. The van der Waals surface area contributed by atoms with Crippen LogP contribution in [0.5, 0.6) is 0 Å². The van der Waals surface area contributed by atoms with Gasteiger partial charge in [-0.15, -0.1) is 0 Å². The van der Waals surface area contributed by atoms with Crippen molar-refractivity contribution in [2.24, 2.45) is 11.5 Å². The molecule has 0 spiro atoms. The lowest BCUT2D eigenvalue weighted by Gasteiger charge is -2.23. The Bertz CT molecular complexity index is 726. The fourth-order valence-electron chi connectivity index (χ4n) is 2.26. The molecule has 15 nitrogen and oxygen atoms in total. The zero-order valence-corrected chi connectivity index (χ0v) is 16.3. The molecule has 0 rings (SSSR count). The maximum Gasteiger partial charge on any atom is 0.326 e. The van der Waals surface area contributed by atoms with Crippen LogP contribution in [-0.4, -0.2) is 81.5 Å². The van der Waals surface area contributed by atoms with Crippen molar-refractivity contribution in [2.75, 3.05) is 6.54 Å². The third-order valence-corrected chi connectivity index (χ3v) is 3.79. The molecule has 3 unspecified atom stereocenters. The lowest BCUT2D eigenvalue weighted by molar-refractivity contribution is -0.147. The monoisotopic (exact) mass is 447 g/mol. The second-order valence-electron chi connectivity index (χ2n) is 6.32. The van der Waals surface area contributed by atoms with E-state index in [1.807, 2.05) is 5.32 Å². The first-order valence-corrected chi connectivity index (χ1v) is 8.92. The van der Waals surface area contributed by atoms with E-state index in [0.29, 0.717) is 0 Å². The molecule has 0 fully saturated rings. The summed E-state index contributed by atoms with van der Waals surface area (Å²) in [6.45, 7) is -0.487. The number of nitrogens with one attached hydrogen (secondary N) is 3. The minimum atomic E-state index is -1.84. The second-order valence-corrected chi connectivity index (χ2v) is 6.32. The van der Waals surface area contributed by atoms with E-state index in [2.05, 4.69) is 10.6 Å². The van der Waals surface area contributed by atoms with Crippen molar-refractivity contribution in [1.82, 2.24) is 16.0 Å². The van der Waals surface area contributed by atoms with Crippen molar-refractivity contribution in [3.05, 3.63) is 0 Å². The molecule has 174 valence electrons. The minimum absolute atomic E-state index is 0.253. The van der Waals surface area contributed by atoms with Crippen molar-refractivity contribution < 1.29 is 48.9 Å². The number of hydrogen-bond donors (Lipinski definition) is 8. The average Bonchev–Trinajstić information content (AvgIpc) is 2.66. The summed E-state index contributed by atoms with van der Waals surface area (Å²) < 4.78 is 0. The molecule has 31 heavy (non-hydrogen) atoms. The van der Waals surface area contributed by atoms with Crippen molar-refractivity contribution in [1.29, 1.82) is 0 Å². The zero-order chi connectivity index (χ0) is 24.1. The zero-order valence-electron chi connectivity index (χ0n) is 16.3. The van der Waals surface area contributed by atoms with Gasteiger partial charge >= 0.3 is 17.9 Å². The van der Waals surface area contributed by atoms with E-state index in [1.54, 1.807) is 0 Å². The Kier molecular flexibility index (Phi) is 11.8. The third-order valence-electron chi connectivity index (χ3n) is 3.79.